The van der Waals surface area contributed by atoms with E-state index < -0.39 is 10.0 Å². The fourth-order valence-corrected chi connectivity index (χ4v) is 3.17. The molecule has 0 radical (unpaired) electrons. The van der Waals surface area contributed by atoms with Crippen LogP contribution in [0.4, 0.5) is 0 Å². The van der Waals surface area contributed by atoms with Crippen LogP contribution >= 0.6 is 0 Å². The minimum Gasteiger partial charge on any atom is -0.338 e. The van der Waals surface area contributed by atoms with E-state index in [4.69, 9.17) is 4.52 Å². The molecule has 1 aromatic heterocycles. The molecule has 1 unspecified atom stereocenters. The fourth-order valence-electron chi connectivity index (χ4n) is 2.68. The van der Waals surface area contributed by atoms with Crippen LogP contribution in [0.5, 0.6) is 0 Å². The largest absolute Gasteiger partial charge is 0.338 e. The predicted octanol–water partition coefficient (Wildman–Crippen LogP) is 0.926. The van der Waals surface area contributed by atoms with E-state index in [0.717, 1.165) is 38.1 Å². The van der Waals surface area contributed by atoms with Crippen molar-refractivity contribution in [1.29, 1.82) is 0 Å². The Morgan fingerprint density at radius 1 is 1.43 bits per heavy atom. The van der Waals surface area contributed by atoms with Crippen LogP contribution < -0.4 is 4.72 Å². The van der Waals surface area contributed by atoms with Crippen molar-refractivity contribution in [2.24, 2.45) is 0 Å². The summed E-state index contributed by atoms with van der Waals surface area (Å²) in [7, 11) is -3.11. The van der Waals surface area contributed by atoms with E-state index >= 15 is 0 Å². The van der Waals surface area contributed by atoms with E-state index in [1.54, 1.807) is 0 Å². The maximum Gasteiger partial charge on any atom is 0.240 e. The van der Waals surface area contributed by atoms with Crippen molar-refractivity contribution in [3.05, 3.63) is 11.7 Å². The summed E-state index contributed by atoms with van der Waals surface area (Å²) in [5.41, 5.74) is 0. The van der Waals surface area contributed by atoms with E-state index in [9.17, 15) is 8.42 Å². The van der Waals surface area contributed by atoms with Gasteiger partial charge in [-0.25, -0.2) is 13.1 Å². The van der Waals surface area contributed by atoms with Gasteiger partial charge >= 0.3 is 0 Å². The highest BCUT2D eigenvalue weighted by molar-refractivity contribution is 7.88. The van der Waals surface area contributed by atoms with Gasteiger partial charge in [0.1, 0.15) is 0 Å². The van der Waals surface area contributed by atoms with Gasteiger partial charge in [-0.1, -0.05) is 18.5 Å². The molecule has 0 bridgehead atoms. The van der Waals surface area contributed by atoms with Gasteiger partial charge in [0.15, 0.2) is 5.82 Å². The van der Waals surface area contributed by atoms with Gasteiger partial charge in [0.2, 0.25) is 15.9 Å². The number of sulfonamides is 1. The summed E-state index contributed by atoms with van der Waals surface area (Å²) in [6, 6.07) is 0.366. The number of aromatic nitrogens is 2. The molecule has 1 N–H and O–H groups in total. The Labute approximate surface area is 126 Å². The third-order valence-electron chi connectivity index (χ3n) is 3.76. The molecule has 2 rings (SSSR count). The molecule has 7 nitrogen and oxygen atoms in total. The minimum atomic E-state index is -3.11. The zero-order valence-corrected chi connectivity index (χ0v) is 13.5. The molecular formula is C13H24N4O3S. The highest BCUT2D eigenvalue weighted by Crippen LogP contribution is 2.21. The van der Waals surface area contributed by atoms with Crippen molar-refractivity contribution in [1.82, 2.24) is 19.8 Å². The lowest BCUT2D eigenvalue weighted by Crippen LogP contribution is -2.41. The summed E-state index contributed by atoms with van der Waals surface area (Å²) in [5, 5.41) is 3.92. The maximum atomic E-state index is 11.1. The molecule has 1 aromatic rings. The van der Waals surface area contributed by atoms with Crippen LogP contribution in [0, 0.1) is 0 Å². The van der Waals surface area contributed by atoms with Gasteiger partial charge in [-0.05, 0) is 25.8 Å². The second-order valence-electron chi connectivity index (χ2n) is 5.53. The zero-order chi connectivity index (χ0) is 15.3. The molecule has 1 aliphatic heterocycles. The third kappa shape index (κ3) is 5.37. The first-order chi connectivity index (χ1) is 9.98. The van der Waals surface area contributed by atoms with Crippen LogP contribution in [-0.2, 0) is 23.0 Å². The van der Waals surface area contributed by atoms with Gasteiger partial charge in [-0.2, -0.15) is 4.98 Å². The van der Waals surface area contributed by atoms with Gasteiger partial charge in [0.25, 0.3) is 0 Å². The van der Waals surface area contributed by atoms with Gasteiger partial charge < -0.3 is 4.52 Å². The Morgan fingerprint density at radius 2 is 2.24 bits per heavy atom. The van der Waals surface area contributed by atoms with Crippen LogP contribution in [0.15, 0.2) is 4.52 Å². The first-order valence-corrected chi connectivity index (χ1v) is 9.37. The number of hydrogen-bond donors (Lipinski definition) is 1. The number of piperidine rings is 1. The average molecular weight is 316 g/mol. The molecule has 0 aromatic carbocycles. The lowest BCUT2D eigenvalue weighted by Gasteiger charge is -2.34. The Hall–Kier alpha value is -0.990. The molecule has 1 fully saturated rings. The van der Waals surface area contributed by atoms with E-state index in [-0.39, 0.29) is 0 Å². The number of rotatable bonds is 7. The predicted molar refractivity (Wildman–Crippen MR) is 79.2 cm³/mol. The molecule has 0 aliphatic carbocycles. The third-order valence-corrected chi connectivity index (χ3v) is 4.48. The normalized spacial score (nSPS) is 20.8. The van der Waals surface area contributed by atoms with Gasteiger partial charge in [-0.3, -0.25) is 4.90 Å². The van der Waals surface area contributed by atoms with E-state index in [2.05, 4.69) is 19.8 Å². The summed E-state index contributed by atoms with van der Waals surface area (Å²) in [6.45, 7) is 4.11. The Balaban J connectivity index is 1.89. The van der Waals surface area contributed by atoms with Crippen LogP contribution in [0.3, 0.4) is 0 Å². The standard InChI is InChI=1S/C13H24N4O3S/c1-3-12-15-13(20-16-12)10-17-9-5-4-6-11(17)7-8-14-21(2,18)19/h11,14H,3-10H2,1-2H3. The van der Waals surface area contributed by atoms with Gasteiger partial charge in [0, 0.05) is 19.0 Å². The minimum absolute atomic E-state index is 0.366. The van der Waals surface area contributed by atoms with E-state index in [1.807, 2.05) is 6.92 Å². The van der Waals surface area contributed by atoms with Crippen LogP contribution in [0.25, 0.3) is 0 Å². The van der Waals surface area contributed by atoms with Crippen molar-refractivity contribution in [2.45, 2.75) is 51.6 Å². The zero-order valence-electron chi connectivity index (χ0n) is 12.7. The van der Waals surface area contributed by atoms with Crippen molar-refractivity contribution in [3.8, 4) is 0 Å². The van der Waals surface area contributed by atoms with Crippen molar-refractivity contribution in [2.75, 3.05) is 19.3 Å². The summed E-state index contributed by atoms with van der Waals surface area (Å²) in [5.74, 6) is 1.38. The average Bonchev–Trinajstić information content (AvgIpc) is 2.87. The van der Waals surface area contributed by atoms with E-state index in [1.165, 1.54) is 12.7 Å². The molecule has 1 saturated heterocycles. The van der Waals surface area contributed by atoms with Crippen LogP contribution in [-0.4, -0.2) is 48.8 Å². The van der Waals surface area contributed by atoms with Crippen LogP contribution in [0.2, 0.25) is 0 Å². The summed E-state index contributed by atoms with van der Waals surface area (Å²) in [4.78, 5) is 6.67. The van der Waals surface area contributed by atoms with Gasteiger partial charge in [0.05, 0.1) is 12.8 Å². The first kappa shape index (κ1) is 16.4. The van der Waals surface area contributed by atoms with Crippen molar-refractivity contribution >= 4 is 10.0 Å². The lowest BCUT2D eigenvalue weighted by molar-refractivity contribution is 0.118. The second kappa shape index (κ2) is 7.33. The number of likely N-dealkylation sites (tertiary alicyclic amines) is 1. The molecule has 0 amide bonds. The van der Waals surface area contributed by atoms with Gasteiger partial charge in [-0.15, -0.1) is 0 Å². The Morgan fingerprint density at radius 3 is 2.90 bits per heavy atom. The highest BCUT2D eigenvalue weighted by Gasteiger charge is 2.24. The summed E-state index contributed by atoms with van der Waals surface area (Å²) < 4.78 is 30.1. The summed E-state index contributed by atoms with van der Waals surface area (Å²) in [6.07, 6.45) is 6.19. The number of nitrogens with one attached hydrogen (secondary N) is 1. The number of aryl methyl sites for hydroxylation is 1. The van der Waals surface area contributed by atoms with Crippen molar-refractivity contribution in [3.63, 3.8) is 0 Å². The monoisotopic (exact) mass is 316 g/mol. The van der Waals surface area contributed by atoms with Crippen molar-refractivity contribution < 1.29 is 12.9 Å². The van der Waals surface area contributed by atoms with E-state index in [0.29, 0.717) is 25.0 Å². The molecule has 1 atom stereocenters. The quantitative estimate of drug-likeness (QED) is 0.805. The second-order valence-corrected chi connectivity index (χ2v) is 7.37. The smallest absolute Gasteiger partial charge is 0.240 e. The lowest BCUT2D eigenvalue weighted by atomic mass is 9.99. The molecule has 8 heteroatoms. The molecular weight excluding hydrogens is 292 g/mol. The summed E-state index contributed by atoms with van der Waals surface area (Å²) >= 11 is 0. The molecule has 0 saturated carbocycles. The SMILES string of the molecule is CCc1noc(CN2CCCCC2CCNS(C)(=O)=O)n1. The molecule has 120 valence electrons. The highest BCUT2D eigenvalue weighted by atomic mass is 32.2. The number of hydrogen-bond acceptors (Lipinski definition) is 6. The molecule has 0 spiro atoms. The Kier molecular flexibility index (Phi) is 5.72. The topological polar surface area (TPSA) is 88.3 Å². The Bertz CT molecular complexity index is 543. The molecule has 1 aliphatic rings. The van der Waals surface area contributed by atoms with Crippen LogP contribution in [0.1, 0.15) is 44.3 Å². The molecule has 2 heterocycles. The maximum absolute atomic E-state index is 11.1. The molecule has 21 heavy (non-hydrogen) atoms. The first-order valence-electron chi connectivity index (χ1n) is 7.48. The number of nitrogens with zero attached hydrogens (tertiary/aromatic N) is 3. The fraction of sp³-hybridized carbons (Fsp3) is 0.846.